The molecular weight excluding hydrogens is 571 g/mol. The predicted octanol–water partition coefficient (Wildman–Crippen LogP) is 3.35. The molecule has 0 radical (unpaired) electrons. The lowest BCUT2D eigenvalue weighted by molar-refractivity contribution is -0.134. The molecule has 2 aromatic rings. The number of hydrogen-bond donors (Lipinski definition) is 2. The zero-order valence-corrected chi connectivity index (χ0v) is 25.5. The molecule has 2 saturated heterocycles. The number of hydrogen-bond acceptors (Lipinski definition) is 6. The van der Waals surface area contributed by atoms with Crippen LogP contribution < -0.4 is 15.4 Å². The second-order valence-electron chi connectivity index (χ2n) is 12.0. The van der Waals surface area contributed by atoms with Gasteiger partial charge in [0.05, 0.1) is 16.9 Å². The van der Waals surface area contributed by atoms with Crippen molar-refractivity contribution >= 4 is 21.8 Å². The minimum Gasteiger partial charge on any atom is -0.491 e. The van der Waals surface area contributed by atoms with Gasteiger partial charge in [-0.15, -0.1) is 0 Å². The Bertz CT molecular complexity index is 1350. The highest BCUT2D eigenvalue weighted by Gasteiger charge is 2.40. The van der Waals surface area contributed by atoms with Gasteiger partial charge in [0.2, 0.25) is 21.8 Å². The van der Waals surface area contributed by atoms with Crippen molar-refractivity contribution in [3.05, 3.63) is 59.9 Å². The number of likely N-dealkylation sites (tertiary alicyclic amines) is 1. The molecule has 234 valence electrons. The topological polar surface area (TPSA) is 108 Å². The van der Waals surface area contributed by atoms with Crippen LogP contribution in [0.25, 0.3) is 0 Å². The molecule has 0 unspecified atom stereocenters. The number of nitrogens with zero attached hydrogens (tertiary/aromatic N) is 2. The zero-order valence-electron chi connectivity index (χ0n) is 24.7. The van der Waals surface area contributed by atoms with Gasteiger partial charge in [-0.2, -0.15) is 4.31 Å². The molecule has 9 nitrogen and oxygen atoms in total. The predicted molar refractivity (Wildman–Crippen MR) is 162 cm³/mol. The van der Waals surface area contributed by atoms with Crippen molar-refractivity contribution in [1.82, 2.24) is 19.8 Å². The number of amides is 2. The highest BCUT2D eigenvalue weighted by molar-refractivity contribution is 7.89. The van der Waals surface area contributed by atoms with Crippen LogP contribution >= 0.6 is 0 Å². The highest BCUT2D eigenvalue weighted by Crippen LogP contribution is 2.37. The highest BCUT2D eigenvalue weighted by atomic mass is 32.2. The van der Waals surface area contributed by atoms with Crippen molar-refractivity contribution in [2.24, 2.45) is 11.3 Å². The van der Waals surface area contributed by atoms with Crippen molar-refractivity contribution < 1.29 is 27.1 Å². The molecule has 2 N–H and O–H groups in total. The lowest BCUT2D eigenvalue weighted by Crippen LogP contribution is -2.51. The summed E-state index contributed by atoms with van der Waals surface area (Å²) in [7, 11) is -3.70. The molecule has 11 heteroatoms. The molecule has 2 fully saturated rings. The number of halogens is 1. The number of aryl methyl sites for hydroxylation is 1. The minimum absolute atomic E-state index is 0.0465. The SMILES string of the molecule is O=C(NCCN1CCC2(CCCCc3ccccc3OCCNC2=O)CC1)C1CCN(S(=O)(=O)c2ccc(F)cc2)CC1. The molecule has 43 heavy (non-hydrogen) atoms. The van der Waals surface area contributed by atoms with Crippen LogP contribution in [-0.2, 0) is 26.0 Å². The Morgan fingerprint density at radius 3 is 2.47 bits per heavy atom. The normalized spacial score (nSPS) is 21.1. The van der Waals surface area contributed by atoms with E-state index in [0.29, 0.717) is 39.1 Å². The van der Waals surface area contributed by atoms with E-state index in [1.165, 1.54) is 22.0 Å². The monoisotopic (exact) mass is 614 g/mol. The number of para-hydroxylation sites is 1. The molecule has 3 aliphatic heterocycles. The van der Waals surface area contributed by atoms with Gasteiger partial charge in [-0.1, -0.05) is 24.6 Å². The van der Waals surface area contributed by atoms with Crippen LogP contribution in [0.5, 0.6) is 5.75 Å². The van der Waals surface area contributed by atoms with E-state index in [1.54, 1.807) is 0 Å². The van der Waals surface area contributed by atoms with Gasteiger partial charge in [-0.3, -0.25) is 9.59 Å². The summed E-state index contributed by atoms with van der Waals surface area (Å²) in [6.45, 7) is 4.30. The summed E-state index contributed by atoms with van der Waals surface area (Å²) >= 11 is 0. The van der Waals surface area contributed by atoms with Crippen molar-refractivity contribution in [2.45, 2.75) is 56.3 Å². The molecule has 2 amide bonds. The number of ether oxygens (including phenoxy) is 1. The third-order valence-corrected chi connectivity index (χ3v) is 11.2. The number of carbonyl (C=O) groups is 2. The molecule has 5 rings (SSSR count). The first-order chi connectivity index (χ1) is 20.8. The van der Waals surface area contributed by atoms with Crippen LogP contribution in [0, 0.1) is 17.2 Å². The summed E-state index contributed by atoms with van der Waals surface area (Å²) in [4.78, 5) is 28.5. The van der Waals surface area contributed by atoms with Crippen LogP contribution in [0.1, 0.15) is 50.5 Å². The third-order valence-electron chi connectivity index (χ3n) is 9.27. The first-order valence-corrected chi connectivity index (χ1v) is 17.0. The van der Waals surface area contributed by atoms with E-state index in [9.17, 15) is 22.4 Å². The van der Waals surface area contributed by atoms with Gasteiger partial charge in [-0.05, 0) is 93.9 Å². The second kappa shape index (κ2) is 14.2. The molecule has 3 heterocycles. The van der Waals surface area contributed by atoms with Gasteiger partial charge < -0.3 is 20.3 Å². The fourth-order valence-corrected chi connectivity index (χ4v) is 8.00. The number of sulfonamides is 1. The van der Waals surface area contributed by atoms with Gasteiger partial charge in [-0.25, -0.2) is 12.8 Å². The fraction of sp³-hybridized carbons (Fsp3) is 0.562. The van der Waals surface area contributed by atoms with Gasteiger partial charge in [0.25, 0.3) is 0 Å². The van der Waals surface area contributed by atoms with Gasteiger partial charge >= 0.3 is 0 Å². The standard InChI is InChI=1S/C32H43FN4O5S/c33-27-8-10-28(11-9-27)43(40,41)37-19-12-26(13-20-37)30(38)34-17-23-36-21-15-32(16-22-36)14-4-3-6-25-5-1-2-7-29(25)42-24-18-35-31(32)39/h1-2,5,7-11,26H,3-4,6,12-24H2,(H,34,38)(H,35,39). The molecular formula is C32H43FN4O5S. The summed E-state index contributed by atoms with van der Waals surface area (Å²) in [5.74, 6) is 0.274. The lowest BCUT2D eigenvalue weighted by Gasteiger charge is -2.41. The Kier molecular flexibility index (Phi) is 10.4. The summed E-state index contributed by atoms with van der Waals surface area (Å²) in [5, 5.41) is 6.17. The van der Waals surface area contributed by atoms with Crippen molar-refractivity contribution in [3.63, 3.8) is 0 Å². The second-order valence-corrected chi connectivity index (χ2v) is 13.9. The first-order valence-electron chi connectivity index (χ1n) is 15.5. The maximum absolute atomic E-state index is 13.3. The third kappa shape index (κ3) is 7.74. The number of nitrogens with one attached hydrogen (secondary N) is 2. The molecule has 0 aromatic heterocycles. The van der Waals surface area contributed by atoms with Crippen LogP contribution in [-0.4, -0.2) is 81.9 Å². The number of rotatable bonds is 6. The largest absolute Gasteiger partial charge is 0.491 e. The molecule has 0 saturated carbocycles. The molecule has 1 spiro atoms. The molecule has 2 aromatic carbocycles. The van der Waals surface area contributed by atoms with Crippen molar-refractivity contribution in [1.29, 1.82) is 0 Å². The summed E-state index contributed by atoms with van der Waals surface area (Å²) in [6, 6.07) is 13.0. The Labute approximate surface area is 254 Å². The quantitative estimate of drug-likeness (QED) is 0.517. The number of piperidine rings is 2. The average molecular weight is 615 g/mol. The van der Waals surface area contributed by atoms with E-state index in [2.05, 4.69) is 21.6 Å². The molecule has 0 atom stereocenters. The smallest absolute Gasteiger partial charge is 0.243 e. The molecule has 0 aliphatic carbocycles. The minimum atomic E-state index is -3.70. The maximum atomic E-state index is 13.3. The van der Waals surface area contributed by atoms with Crippen LogP contribution in [0.15, 0.2) is 53.4 Å². The van der Waals surface area contributed by atoms with Crippen molar-refractivity contribution in [3.8, 4) is 5.75 Å². The number of benzene rings is 2. The van der Waals surface area contributed by atoms with E-state index >= 15 is 0 Å². The van der Waals surface area contributed by atoms with Crippen LogP contribution in [0.3, 0.4) is 0 Å². The van der Waals surface area contributed by atoms with Gasteiger partial charge in [0, 0.05) is 32.1 Å². The van der Waals surface area contributed by atoms with Crippen LogP contribution in [0.2, 0.25) is 0 Å². The fourth-order valence-electron chi connectivity index (χ4n) is 6.53. The number of fused-ring (bicyclic) bond motifs is 1. The van der Waals surface area contributed by atoms with Gasteiger partial charge in [0.15, 0.2) is 0 Å². The summed E-state index contributed by atoms with van der Waals surface area (Å²) in [6.07, 6.45) is 6.32. The molecule has 0 bridgehead atoms. The summed E-state index contributed by atoms with van der Waals surface area (Å²) < 4.78 is 46.3. The van der Waals surface area contributed by atoms with Crippen LogP contribution in [0.4, 0.5) is 4.39 Å². The Morgan fingerprint density at radius 1 is 1.00 bits per heavy atom. The van der Waals surface area contributed by atoms with E-state index < -0.39 is 15.8 Å². The Balaban J connectivity index is 1.04. The first kappa shape index (κ1) is 31.4. The number of carbonyl (C=O) groups excluding carboxylic acids is 2. The van der Waals surface area contributed by atoms with E-state index in [1.807, 2.05) is 18.2 Å². The Morgan fingerprint density at radius 2 is 1.72 bits per heavy atom. The van der Waals surface area contributed by atoms with E-state index in [-0.39, 0.29) is 41.1 Å². The zero-order chi connectivity index (χ0) is 30.3. The van der Waals surface area contributed by atoms with E-state index in [4.69, 9.17) is 4.74 Å². The molecule has 3 aliphatic rings. The van der Waals surface area contributed by atoms with Gasteiger partial charge in [0.1, 0.15) is 18.2 Å². The maximum Gasteiger partial charge on any atom is 0.243 e. The van der Waals surface area contributed by atoms with E-state index in [0.717, 1.165) is 69.5 Å². The van der Waals surface area contributed by atoms with Crippen molar-refractivity contribution in [2.75, 3.05) is 52.4 Å². The average Bonchev–Trinajstić information content (AvgIpc) is 3.02. The summed E-state index contributed by atoms with van der Waals surface area (Å²) in [5.41, 5.74) is 0.863. The lowest BCUT2D eigenvalue weighted by atomic mass is 9.73. The Hall–Kier alpha value is -3.02.